The molecule has 0 aromatic heterocycles. The zero-order valence-corrected chi connectivity index (χ0v) is 21.4. The third-order valence-electron chi connectivity index (χ3n) is 6.41. The standard InChI is InChI=1S/C20H38O7Si2/c1-19(2,3)29(8,9)27-18-15-13(21)14-16(17(18)26-20(4,24-14)25-15)23-12-22-10-11-28(5,6)7/h14-18H,10-12H2,1-9H3/t14-,15?,16?,17?,18-,20?/m1/s1. The van der Waals surface area contributed by atoms with E-state index in [2.05, 4.69) is 53.5 Å². The Kier molecular flexibility index (Phi) is 6.31. The number of rotatable bonds is 8. The van der Waals surface area contributed by atoms with E-state index in [4.69, 9.17) is 28.1 Å². The van der Waals surface area contributed by atoms with E-state index in [0.717, 1.165) is 6.04 Å². The number of ether oxygens (including phenoxy) is 5. The van der Waals surface area contributed by atoms with Crippen LogP contribution in [-0.4, -0.2) is 72.1 Å². The molecule has 0 spiro atoms. The smallest absolute Gasteiger partial charge is 0.281 e. The van der Waals surface area contributed by atoms with Crippen molar-refractivity contribution in [3.05, 3.63) is 0 Å². The molecule has 4 rings (SSSR count). The van der Waals surface area contributed by atoms with Crippen LogP contribution in [0.25, 0.3) is 0 Å². The lowest BCUT2D eigenvalue weighted by Gasteiger charge is -2.59. The van der Waals surface area contributed by atoms with Gasteiger partial charge in [-0.1, -0.05) is 40.4 Å². The average molecular weight is 447 g/mol. The SMILES string of the molecule is CC12OC3C(=O)[C@@H](O1)C(OCOCC[Si](C)(C)C)C(O2)[C@@H]3O[Si](C)(C)C(C)(C)C. The van der Waals surface area contributed by atoms with Crippen LogP contribution < -0.4 is 0 Å². The number of hydrogen-bond acceptors (Lipinski definition) is 7. The molecule has 1 aliphatic carbocycles. The molecule has 3 aliphatic heterocycles. The van der Waals surface area contributed by atoms with E-state index < -0.39 is 52.9 Å². The Morgan fingerprint density at radius 1 is 1.00 bits per heavy atom. The fourth-order valence-corrected chi connectivity index (χ4v) is 5.63. The highest BCUT2D eigenvalue weighted by Gasteiger charge is 2.67. The number of carbonyl (C=O) groups excluding carboxylic acids is 1. The molecule has 0 N–H and O–H groups in total. The Bertz CT molecular complexity index is 627. The summed E-state index contributed by atoms with van der Waals surface area (Å²) in [5, 5.41) is 0.00141. The van der Waals surface area contributed by atoms with Gasteiger partial charge in [-0.05, 0) is 24.2 Å². The quantitative estimate of drug-likeness (QED) is 0.321. The molecule has 29 heavy (non-hydrogen) atoms. The summed E-state index contributed by atoms with van der Waals surface area (Å²) in [6.45, 7) is 20.2. The first-order valence-corrected chi connectivity index (χ1v) is 17.2. The van der Waals surface area contributed by atoms with Crippen molar-refractivity contribution >= 4 is 22.2 Å². The van der Waals surface area contributed by atoms with E-state index in [1.165, 1.54) is 0 Å². The number of carbonyl (C=O) groups is 1. The molecule has 4 bridgehead atoms. The lowest BCUT2D eigenvalue weighted by atomic mass is 9.83. The first-order chi connectivity index (χ1) is 13.1. The predicted molar refractivity (Wildman–Crippen MR) is 114 cm³/mol. The summed E-state index contributed by atoms with van der Waals surface area (Å²) in [5.41, 5.74) is 0. The Morgan fingerprint density at radius 3 is 2.14 bits per heavy atom. The average Bonchev–Trinajstić information content (AvgIpc) is 2.54. The lowest BCUT2D eigenvalue weighted by Crippen LogP contribution is -2.78. The first kappa shape index (κ1) is 23.5. The molecule has 3 saturated heterocycles. The van der Waals surface area contributed by atoms with Gasteiger partial charge in [-0.25, -0.2) is 0 Å². The van der Waals surface area contributed by atoms with Crippen molar-refractivity contribution in [2.45, 2.75) is 108 Å². The summed E-state index contributed by atoms with van der Waals surface area (Å²) in [7, 11) is -3.31. The maximum atomic E-state index is 13.0. The van der Waals surface area contributed by atoms with E-state index in [1.54, 1.807) is 6.92 Å². The van der Waals surface area contributed by atoms with E-state index in [1.807, 2.05) is 0 Å². The van der Waals surface area contributed by atoms with Gasteiger partial charge in [0.1, 0.15) is 25.1 Å². The van der Waals surface area contributed by atoms with Crippen LogP contribution in [0, 0.1) is 0 Å². The lowest BCUT2D eigenvalue weighted by molar-refractivity contribution is -0.497. The third-order valence-corrected chi connectivity index (χ3v) is 12.6. The van der Waals surface area contributed by atoms with Crippen LogP contribution in [-0.2, 0) is 32.9 Å². The number of hydrogen-bond donors (Lipinski definition) is 0. The second kappa shape index (κ2) is 7.77. The number of Topliss-reactive ketones (excluding diaryl/α,β-unsaturated/α-hetero) is 1. The zero-order valence-electron chi connectivity index (χ0n) is 19.4. The molecule has 4 aliphatic rings. The number of ketones is 1. The molecule has 168 valence electrons. The maximum absolute atomic E-state index is 13.0. The molecule has 4 fully saturated rings. The largest absolute Gasteiger partial charge is 0.408 e. The third kappa shape index (κ3) is 4.87. The van der Waals surface area contributed by atoms with Crippen LogP contribution in [0.15, 0.2) is 0 Å². The highest BCUT2D eigenvalue weighted by Crippen LogP contribution is 2.48. The van der Waals surface area contributed by atoms with Crippen molar-refractivity contribution in [2.75, 3.05) is 13.4 Å². The summed E-state index contributed by atoms with van der Waals surface area (Å²) in [6.07, 6.45) is -2.87. The minimum atomic E-state index is -2.15. The van der Waals surface area contributed by atoms with Crippen LogP contribution in [0.2, 0.25) is 43.8 Å². The molecule has 9 heteroatoms. The fraction of sp³-hybridized carbons (Fsp3) is 0.950. The van der Waals surface area contributed by atoms with Crippen molar-refractivity contribution in [1.29, 1.82) is 0 Å². The van der Waals surface area contributed by atoms with Gasteiger partial charge in [-0.15, -0.1) is 0 Å². The summed E-state index contributed by atoms with van der Waals surface area (Å²) >= 11 is 0. The van der Waals surface area contributed by atoms with Gasteiger partial charge in [-0.3, -0.25) is 4.79 Å². The minimum Gasteiger partial charge on any atom is -0.408 e. The highest BCUT2D eigenvalue weighted by molar-refractivity contribution is 6.76. The van der Waals surface area contributed by atoms with Crippen LogP contribution >= 0.6 is 0 Å². The molecule has 1 saturated carbocycles. The van der Waals surface area contributed by atoms with Crippen molar-refractivity contribution in [1.82, 2.24) is 0 Å². The summed E-state index contributed by atoms with van der Waals surface area (Å²) < 4.78 is 36.0. The monoisotopic (exact) mass is 446 g/mol. The summed E-state index contributed by atoms with van der Waals surface area (Å²) in [4.78, 5) is 13.0. The maximum Gasteiger partial charge on any atom is 0.281 e. The first-order valence-electron chi connectivity index (χ1n) is 10.6. The molecular formula is C20H38O7Si2. The Balaban J connectivity index is 1.71. The van der Waals surface area contributed by atoms with Crippen LogP contribution in [0.1, 0.15) is 27.7 Å². The van der Waals surface area contributed by atoms with Gasteiger partial charge in [0, 0.05) is 21.6 Å². The summed E-state index contributed by atoms with van der Waals surface area (Å²) in [6, 6.07) is 1.06. The minimum absolute atomic E-state index is 0.00141. The van der Waals surface area contributed by atoms with Crippen LogP contribution in [0.3, 0.4) is 0 Å². The van der Waals surface area contributed by atoms with Gasteiger partial charge < -0.3 is 28.1 Å². The highest BCUT2D eigenvalue weighted by atomic mass is 28.4. The van der Waals surface area contributed by atoms with Crippen molar-refractivity contribution < 1.29 is 32.9 Å². The van der Waals surface area contributed by atoms with E-state index >= 15 is 0 Å². The Morgan fingerprint density at radius 2 is 1.59 bits per heavy atom. The van der Waals surface area contributed by atoms with E-state index in [-0.39, 0.29) is 17.6 Å². The fourth-order valence-electron chi connectivity index (χ4n) is 3.59. The molecule has 7 nitrogen and oxygen atoms in total. The van der Waals surface area contributed by atoms with Crippen molar-refractivity contribution in [3.63, 3.8) is 0 Å². The molecule has 6 atom stereocenters. The van der Waals surface area contributed by atoms with Gasteiger partial charge in [0.2, 0.25) is 0 Å². The molecule has 0 aromatic carbocycles. The van der Waals surface area contributed by atoms with Gasteiger partial charge >= 0.3 is 0 Å². The molecule has 0 aromatic rings. The normalized spacial score (nSPS) is 37.4. The molecular weight excluding hydrogens is 408 g/mol. The van der Waals surface area contributed by atoms with Gasteiger partial charge in [0.15, 0.2) is 26.3 Å². The second-order valence-electron chi connectivity index (χ2n) is 11.2. The molecule has 4 unspecified atom stereocenters. The van der Waals surface area contributed by atoms with Crippen molar-refractivity contribution in [2.24, 2.45) is 0 Å². The zero-order chi connectivity index (χ0) is 21.8. The van der Waals surface area contributed by atoms with Crippen molar-refractivity contribution in [3.8, 4) is 0 Å². The Labute approximate surface area is 176 Å². The van der Waals surface area contributed by atoms with Gasteiger partial charge in [-0.2, -0.15) is 0 Å². The van der Waals surface area contributed by atoms with E-state index in [0.29, 0.717) is 6.61 Å². The molecule has 0 radical (unpaired) electrons. The topological polar surface area (TPSA) is 72.5 Å². The Hall–Kier alpha value is -0.136. The van der Waals surface area contributed by atoms with Crippen LogP contribution in [0.5, 0.6) is 0 Å². The summed E-state index contributed by atoms with van der Waals surface area (Å²) in [5.74, 6) is -1.35. The van der Waals surface area contributed by atoms with Gasteiger partial charge in [0.25, 0.3) is 5.97 Å². The molecule has 3 heterocycles. The second-order valence-corrected chi connectivity index (χ2v) is 21.6. The van der Waals surface area contributed by atoms with Crippen LogP contribution in [0.4, 0.5) is 0 Å². The predicted octanol–water partition coefficient (Wildman–Crippen LogP) is 3.51. The van der Waals surface area contributed by atoms with Gasteiger partial charge in [0.05, 0.1) is 0 Å². The van der Waals surface area contributed by atoms with E-state index in [9.17, 15) is 4.79 Å². The molecule has 0 amide bonds.